The molecule has 0 saturated heterocycles. The van der Waals surface area contributed by atoms with E-state index in [1.54, 1.807) is 0 Å². The Kier molecular flexibility index (Phi) is 7.67. The predicted molar refractivity (Wildman–Crippen MR) is 138 cm³/mol. The van der Waals surface area contributed by atoms with Crippen LogP contribution in [0.2, 0.25) is 0 Å². The second-order valence-corrected chi connectivity index (χ2v) is 8.24. The summed E-state index contributed by atoms with van der Waals surface area (Å²) in [6.07, 6.45) is 6.41. The van der Waals surface area contributed by atoms with Gasteiger partial charge in [-0.25, -0.2) is 0 Å². The van der Waals surface area contributed by atoms with E-state index in [-0.39, 0.29) is 11.6 Å². The number of anilines is 1. The molecule has 0 unspecified atom stereocenters. The third kappa shape index (κ3) is 5.81. The highest BCUT2D eigenvalue weighted by atomic mass is 16.6. The maximum Gasteiger partial charge on any atom is 0.281 e. The number of benzene rings is 3. The van der Waals surface area contributed by atoms with Crippen LogP contribution in [0.3, 0.4) is 0 Å². The van der Waals surface area contributed by atoms with E-state index in [4.69, 9.17) is 4.74 Å². The monoisotopic (exact) mass is 469 g/mol. The quantitative estimate of drug-likeness (QED) is 0.149. The van der Waals surface area contributed by atoms with E-state index in [1.165, 1.54) is 42.1 Å². The number of hydrogen-bond donors (Lipinski definition) is 0. The number of nitro groups is 1. The average molecular weight is 470 g/mol. The number of ether oxygens (including phenoxy) is 1. The fraction of sp³-hybridized carbons (Fsp3) is 0.214. The van der Waals surface area contributed by atoms with Crippen molar-refractivity contribution < 1.29 is 14.5 Å². The first-order valence-corrected chi connectivity index (χ1v) is 11.7. The Labute approximate surface area is 204 Å². The number of nitrogens with zero attached hydrogens (tertiary/aromatic N) is 3. The van der Waals surface area contributed by atoms with Crippen molar-refractivity contribution in [3.63, 3.8) is 0 Å². The Hall–Kier alpha value is -4.26. The summed E-state index contributed by atoms with van der Waals surface area (Å²) < 4.78 is 5.82. The molecule has 0 fully saturated rings. The van der Waals surface area contributed by atoms with E-state index >= 15 is 0 Å². The van der Waals surface area contributed by atoms with E-state index in [2.05, 4.69) is 12.0 Å². The van der Waals surface area contributed by atoms with Crippen molar-refractivity contribution in [3.8, 4) is 5.75 Å². The van der Waals surface area contributed by atoms with Crippen molar-refractivity contribution in [2.45, 2.75) is 32.6 Å². The fourth-order valence-electron chi connectivity index (χ4n) is 3.79. The van der Waals surface area contributed by atoms with E-state index in [0.29, 0.717) is 23.6 Å². The highest BCUT2D eigenvalue weighted by Gasteiger charge is 2.32. The van der Waals surface area contributed by atoms with Crippen molar-refractivity contribution in [2.24, 2.45) is 5.10 Å². The second-order valence-electron chi connectivity index (χ2n) is 8.24. The SMILES string of the molecule is CCCCCCOc1ccc(/C=C2\C(=O)N(c3ccc([N+](=O)[O-])cc3)N=C2c2ccccc2)cc1. The molecule has 0 aromatic heterocycles. The van der Waals surface area contributed by atoms with Crippen LogP contribution in [0.5, 0.6) is 5.75 Å². The lowest BCUT2D eigenvalue weighted by Crippen LogP contribution is -2.21. The maximum absolute atomic E-state index is 13.4. The Morgan fingerprint density at radius 3 is 2.31 bits per heavy atom. The lowest BCUT2D eigenvalue weighted by Gasteiger charge is -2.11. The highest BCUT2D eigenvalue weighted by molar-refractivity contribution is 6.37. The fourth-order valence-corrected chi connectivity index (χ4v) is 3.79. The van der Waals surface area contributed by atoms with Gasteiger partial charge in [0.25, 0.3) is 11.6 Å². The van der Waals surface area contributed by atoms with Gasteiger partial charge >= 0.3 is 0 Å². The van der Waals surface area contributed by atoms with E-state index in [1.807, 2.05) is 60.7 Å². The van der Waals surface area contributed by atoms with Gasteiger partial charge < -0.3 is 4.74 Å². The summed E-state index contributed by atoms with van der Waals surface area (Å²) in [6, 6.07) is 22.9. The lowest BCUT2D eigenvalue weighted by atomic mass is 10.0. The molecule has 4 rings (SSSR count). The summed E-state index contributed by atoms with van der Waals surface area (Å²) in [6.45, 7) is 2.87. The number of rotatable bonds is 10. The number of carbonyl (C=O) groups excluding carboxylic acids is 1. The molecule has 0 aliphatic carbocycles. The number of hydrogen-bond acceptors (Lipinski definition) is 5. The standard InChI is InChI=1S/C28H27N3O4/c1-2-3-4-8-19-35-25-17-11-21(12-18-25)20-26-27(22-9-6-5-7-10-22)29-30(28(26)32)23-13-15-24(16-14-23)31(33)34/h5-7,9-18,20H,2-4,8,19H2,1H3/b26-20-. The van der Waals surface area contributed by atoms with Gasteiger partial charge in [0, 0.05) is 17.7 Å². The van der Waals surface area contributed by atoms with Crippen LogP contribution >= 0.6 is 0 Å². The van der Waals surface area contributed by atoms with Gasteiger partial charge in [-0.05, 0) is 42.3 Å². The maximum atomic E-state index is 13.4. The topological polar surface area (TPSA) is 85.0 Å². The summed E-state index contributed by atoms with van der Waals surface area (Å²) >= 11 is 0. The van der Waals surface area contributed by atoms with Crippen LogP contribution in [0.1, 0.15) is 43.7 Å². The zero-order valence-corrected chi connectivity index (χ0v) is 19.6. The minimum Gasteiger partial charge on any atom is -0.494 e. The third-order valence-electron chi connectivity index (χ3n) is 5.69. The molecule has 7 heteroatoms. The summed E-state index contributed by atoms with van der Waals surface area (Å²) in [5.74, 6) is 0.500. The van der Waals surface area contributed by atoms with Gasteiger partial charge in [-0.3, -0.25) is 14.9 Å². The first kappa shape index (κ1) is 23.9. The van der Waals surface area contributed by atoms with Gasteiger partial charge in [0.15, 0.2) is 0 Å². The minimum absolute atomic E-state index is 0.0453. The second kappa shape index (κ2) is 11.2. The Bertz CT molecular complexity index is 1230. The normalized spacial score (nSPS) is 14.3. The van der Waals surface area contributed by atoms with Gasteiger partial charge in [-0.2, -0.15) is 10.1 Å². The molecule has 0 radical (unpaired) electrons. The van der Waals surface area contributed by atoms with E-state index in [9.17, 15) is 14.9 Å². The molecule has 0 spiro atoms. The van der Waals surface area contributed by atoms with Crippen molar-refractivity contribution in [1.82, 2.24) is 0 Å². The Morgan fingerprint density at radius 2 is 1.66 bits per heavy atom. The molecular weight excluding hydrogens is 442 g/mol. The summed E-state index contributed by atoms with van der Waals surface area (Å²) in [5, 5.41) is 16.9. The predicted octanol–water partition coefficient (Wildman–Crippen LogP) is 6.39. The molecule has 0 atom stereocenters. The molecule has 0 saturated carbocycles. The number of carbonyl (C=O) groups is 1. The van der Waals surface area contributed by atoms with Crippen molar-refractivity contribution in [2.75, 3.05) is 11.6 Å². The van der Waals surface area contributed by atoms with Gasteiger partial charge in [0.2, 0.25) is 0 Å². The average Bonchev–Trinajstić information content (AvgIpc) is 3.21. The molecule has 3 aromatic carbocycles. The summed E-state index contributed by atoms with van der Waals surface area (Å²) in [7, 11) is 0. The van der Waals surface area contributed by atoms with Crippen LogP contribution in [0.25, 0.3) is 6.08 Å². The highest BCUT2D eigenvalue weighted by Crippen LogP contribution is 2.29. The Morgan fingerprint density at radius 1 is 0.943 bits per heavy atom. The van der Waals surface area contributed by atoms with Gasteiger partial charge in [-0.1, -0.05) is 68.7 Å². The third-order valence-corrected chi connectivity index (χ3v) is 5.69. The van der Waals surface area contributed by atoms with Crippen LogP contribution in [0, 0.1) is 10.1 Å². The van der Waals surface area contributed by atoms with Crippen LogP contribution in [0.4, 0.5) is 11.4 Å². The molecule has 1 aliphatic heterocycles. The molecule has 178 valence electrons. The zero-order valence-electron chi connectivity index (χ0n) is 19.6. The largest absolute Gasteiger partial charge is 0.494 e. The zero-order chi connectivity index (χ0) is 24.6. The van der Waals surface area contributed by atoms with Gasteiger partial charge in [-0.15, -0.1) is 0 Å². The number of non-ortho nitro benzene ring substituents is 1. The number of amides is 1. The van der Waals surface area contributed by atoms with Gasteiger partial charge in [0.1, 0.15) is 11.5 Å². The molecule has 3 aromatic rings. The molecular formula is C28H27N3O4. The first-order chi connectivity index (χ1) is 17.1. The smallest absolute Gasteiger partial charge is 0.281 e. The lowest BCUT2D eigenvalue weighted by molar-refractivity contribution is -0.384. The Balaban J connectivity index is 1.58. The number of hydrazone groups is 1. The molecule has 0 bridgehead atoms. The first-order valence-electron chi connectivity index (χ1n) is 11.7. The van der Waals surface area contributed by atoms with E-state index in [0.717, 1.165) is 29.7 Å². The minimum atomic E-state index is -0.474. The number of unbranched alkanes of at least 4 members (excludes halogenated alkanes) is 3. The van der Waals surface area contributed by atoms with Gasteiger partial charge in [0.05, 0.1) is 22.8 Å². The summed E-state index contributed by atoms with van der Waals surface area (Å²) in [4.78, 5) is 23.9. The molecule has 1 heterocycles. The molecule has 35 heavy (non-hydrogen) atoms. The van der Waals surface area contributed by atoms with Crippen molar-refractivity contribution in [1.29, 1.82) is 0 Å². The van der Waals surface area contributed by atoms with Crippen LogP contribution in [0.15, 0.2) is 89.5 Å². The molecule has 7 nitrogen and oxygen atoms in total. The molecule has 0 N–H and O–H groups in total. The van der Waals surface area contributed by atoms with Crippen LogP contribution in [-0.2, 0) is 4.79 Å². The molecule has 1 amide bonds. The van der Waals surface area contributed by atoms with Crippen LogP contribution < -0.4 is 9.75 Å². The summed E-state index contributed by atoms with van der Waals surface area (Å²) in [5.41, 5.74) is 3.07. The van der Waals surface area contributed by atoms with Crippen LogP contribution in [-0.4, -0.2) is 23.1 Å². The van der Waals surface area contributed by atoms with Crippen molar-refractivity contribution >= 4 is 29.1 Å². The number of nitro benzene ring substituents is 1. The van der Waals surface area contributed by atoms with Crippen molar-refractivity contribution in [3.05, 3.63) is 106 Å². The van der Waals surface area contributed by atoms with E-state index < -0.39 is 4.92 Å². The molecule has 1 aliphatic rings.